The molecule has 1 unspecified atom stereocenters. The molecule has 0 aliphatic carbocycles. The molecule has 3 nitrogen and oxygen atoms in total. The van der Waals surface area contributed by atoms with Gasteiger partial charge in [0, 0.05) is 10.4 Å². The number of ether oxygens (including phenoxy) is 2. The molecule has 2 aromatic rings. The van der Waals surface area contributed by atoms with Crippen molar-refractivity contribution in [3.05, 3.63) is 57.1 Å². The number of methoxy groups -OCH3 is 1. The van der Waals surface area contributed by atoms with Crippen LogP contribution in [0.1, 0.15) is 28.2 Å². The lowest BCUT2D eigenvalue weighted by molar-refractivity contribution is -0.136. The maximum Gasteiger partial charge on any atom is 0.339 e. The normalized spacial score (nSPS) is 16.6. The first-order chi connectivity index (χ1) is 10.7. The summed E-state index contributed by atoms with van der Waals surface area (Å²) in [5, 5.41) is 4.15. The van der Waals surface area contributed by atoms with Crippen LogP contribution in [0.25, 0.3) is 5.57 Å². The second kappa shape index (κ2) is 6.58. The predicted octanol–water partition coefficient (Wildman–Crippen LogP) is 4.50. The number of hydrogen-bond acceptors (Lipinski definition) is 5. The van der Waals surface area contributed by atoms with Gasteiger partial charge in [0.2, 0.25) is 0 Å². The van der Waals surface area contributed by atoms with Gasteiger partial charge in [0.05, 0.1) is 24.5 Å². The molecule has 5 heteroatoms. The van der Waals surface area contributed by atoms with Crippen molar-refractivity contribution in [1.29, 1.82) is 0 Å². The number of hydrogen-bond donors (Lipinski definition) is 0. The quantitative estimate of drug-likeness (QED) is 0.773. The molecule has 2 heterocycles. The van der Waals surface area contributed by atoms with Crippen LogP contribution in [0.3, 0.4) is 0 Å². The minimum atomic E-state index is -0.247. The van der Waals surface area contributed by atoms with Crippen molar-refractivity contribution < 1.29 is 14.3 Å². The van der Waals surface area contributed by atoms with E-state index in [4.69, 9.17) is 9.47 Å². The Labute approximate surface area is 137 Å². The van der Waals surface area contributed by atoms with Gasteiger partial charge in [0.25, 0.3) is 0 Å². The lowest BCUT2D eigenvalue weighted by Gasteiger charge is -2.21. The molecule has 0 spiro atoms. The Hall–Kier alpha value is -1.72. The Morgan fingerprint density at radius 2 is 2.00 bits per heavy atom. The van der Waals surface area contributed by atoms with Crippen molar-refractivity contribution in [3.8, 4) is 5.75 Å². The van der Waals surface area contributed by atoms with Gasteiger partial charge in [-0.25, -0.2) is 4.79 Å². The molecule has 0 amide bonds. The number of rotatable bonds is 4. The fourth-order valence-corrected chi connectivity index (χ4v) is 4.69. The topological polar surface area (TPSA) is 35.5 Å². The Bertz CT molecular complexity index is 701. The number of fused-ring (bicyclic) bond motifs is 1. The van der Waals surface area contributed by atoms with Crippen molar-refractivity contribution in [1.82, 2.24) is 0 Å². The third-order valence-electron chi connectivity index (χ3n) is 3.46. The van der Waals surface area contributed by atoms with Gasteiger partial charge in [-0.2, -0.15) is 0 Å². The van der Waals surface area contributed by atoms with Gasteiger partial charge in [-0.1, -0.05) is 12.1 Å². The fourth-order valence-electron chi connectivity index (χ4n) is 2.38. The molecule has 1 aromatic heterocycles. The van der Waals surface area contributed by atoms with Gasteiger partial charge in [0.15, 0.2) is 0 Å². The SMILES string of the molecule is CCOC(=O)C1=CSC(c2ccc(OC)cc2)c2sccc21. The van der Waals surface area contributed by atoms with Gasteiger partial charge in [-0.3, -0.25) is 0 Å². The zero-order valence-corrected chi connectivity index (χ0v) is 14.0. The molecular formula is C17H16O3S2. The van der Waals surface area contributed by atoms with E-state index < -0.39 is 0 Å². The third kappa shape index (κ3) is 2.78. The largest absolute Gasteiger partial charge is 0.497 e. The summed E-state index contributed by atoms with van der Waals surface area (Å²) in [6.07, 6.45) is 0. The number of thiophene rings is 1. The smallest absolute Gasteiger partial charge is 0.339 e. The molecule has 1 aliphatic rings. The highest BCUT2D eigenvalue weighted by Gasteiger charge is 2.28. The summed E-state index contributed by atoms with van der Waals surface area (Å²) in [6.45, 7) is 2.21. The molecule has 0 fully saturated rings. The van der Waals surface area contributed by atoms with E-state index in [1.807, 2.05) is 35.9 Å². The van der Waals surface area contributed by atoms with Gasteiger partial charge in [-0.15, -0.1) is 23.1 Å². The van der Waals surface area contributed by atoms with Crippen molar-refractivity contribution in [3.63, 3.8) is 0 Å². The average Bonchev–Trinajstić information content (AvgIpc) is 3.04. The zero-order valence-electron chi connectivity index (χ0n) is 12.4. The van der Waals surface area contributed by atoms with E-state index in [1.54, 1.807) is 30.2 Å². The monoisotopic (exact) mass is 332 g/mol. The molecule has 1 aliphatic heterocycles. The lowest BCUT2D eigenvalue weighted by atomic mass is 10.0. The summed E-state index contributed by atoms with van der Waals surface area (Å²) in [5.41, 5.74) is 2.85. The van der Waals surface area contributed by atoms with Gasteiger partial charge < -0.3 is 9.47 Å². The number of benzene rings is 1. The molecule has 1 atom stereocenters. The van der Waals surface area contributed by atoms with Gasteiger partial charge >= 0.3 is 5.97 Å². The molecular weight excluding hydrogens is 316 g/mol. The molecule has 0 saturated heterocycles. The molecule has 0 radical (unpaired) electrons. The van der Waals surface area contributed by atoms with E-state index in [1.165, 1.54) is 10.4 Å². The van der Waals surface area contributed by atoms with Crippen molar-refractivity contribution in [2.24, 2.45) is 0 Å². The number of thioether (sulfide) groups is 1. The molecule has 0 saturated carbocycles. The Balaban J connectivity index is 1.93. The van der Waals surface area contributed by atoms with Crippen LogP contribution in [0, 0.1) is 0 Å². The molecule has 114 valence electrons. The first kappa shape index (κ1) is 15.2. The van der Waals surface area contributed by atoms with Crippen molar-refractivity contribution in [2.45, 2.75) is 12.2 Å². The van der Waals surface area contributed by atoms with Crippen LogP contribution in [-0.4, -0.2) is 19.7 Å². The number of esters is 1. The maximum absolute atomic E-state index is 12.1. The van der Waals surface area contributed by atoms with E-state index >= 15 is 0 Å². The lowest BCUT2D eigenvalue weighted by Crippen LogP contribution is -2.11. The fraction of sp³-hybridized carbons (Fsp3) is 0.235. The zero-order chi connectivity index (χ0) is 15.5. The summed E-state index contributed by atoms with van der Waals surface area (Å²) in [7, 11) is 1.66. The van der Waals surface area contributed by atoms with Crippen LogP contribution in [0.5, 0.6) is 5.75 Å². The first-order valence-corrected chi connectivity index (χ1v) is 8.81. The summed E-state index contributed by atoms with van der Waals surface area (Å²) < 4.78 is 10.4. The highest BCUT2D eigenvalue weighted by atomic mass is 32.2. The van der Waals surface area contributed by atoms with Crippen molar-refractivity contribution in [2.75, 3.05) is 13.7 Å². The molecule has 0 N–H and O–H groups in total. The minimum absolute atomic E-state index is 0.207. The Morgan fingerprint density at radius 1 is 1.23 bits per heavy atom. The Morgan fingerprint density at radius 3 is 2.68 bits per heavy atom. The number of carbonyl (C=O) groups excluding carboxylic acids is 1. The van der Waals surface area contributed by atoms with E-state index in [-0.39, 0.29) is 11.2 Å². The van der Waals surface area contributed by atoms with Crippen molar-refractivity contribution >= 4 is 34.6 Å². The van der Waals surface area contributed by atoms with Crippen LogP contribution in [0.15, 0.2) is 41.1 Å². The maximum atomic E-state index is 12.1. The van der Waals surface area contributed by atoms with Crippen LogP contribution in [0.4, 0.5) is 0 Å². The second-order valence-electron chi connectivity index (χ2n) is 4.74. The summed E-state index contributed by atoms with van der Waals surface area (Å²) in [4.78, 5) is 13.3. The number of carbonyl (C=O) groups is 1. The standard InChI is InChI=1S/C17H16O3S2/c1-3-20-17(18)14-10-22-15(16-13(14)8-9-21-16)11-4-6-12(19-2)7-5-11/h4-10,15H,3H2,1-2H3. The molecule has 0 bridgehead atoms. The van der Waals surface area contributed by atoms with Crippen LogP contribution >= 0.6 is 23.1 Å². The first-order valence-electron chi connectivity index (χ1n) is 6.99. The van der Waals surface area contributed by atoms with E-state index in [2.05, 4.69) is 12.1 Å². The van der Waals surface area contributed by atoms with Crippen LogP contribution in [-0.2, 0) is 9.53 Å². The summed E-state index contributed by atoms with van der Waals surface area (Å²) in [6, 6.07) is 10.1. The highest BCUT2D eigenvalue weighted by molar-refractivity contribution is 8.03. The Kier molecular flexibility index (Phi) is 4.55. The molecule has 3 rings (SSSR count). The predicted molar refractivity (Wildman–Crippen MR) is 91.4 cm³/mol. The van der Waals surface area contributed by atoms with E-state index in [0.717, 1.165) is 11.3 Å². The summed E-state index contributed by atoms with van der Waals surface area (Å²) >= 11 is 3.32. The molecule has 22 heavy (non-hydrogen) atoms. The van der Waals surface area contributed by atoms with Crippen LogP contribution < -0.4 is 4.74 Å². The van der Waals surface area contributed by atoms with Gasteiger partial charge in [0.1, 0.15) is 5.75 Å². The summed E-state index contributed by atoms with van der Waals surface area (Å²) in [5.74, 6) is 0.599. The van der Waals surface area contributed by atoms with Gasteiger partial charge in [-0.05, 0) is 41.5 Å². The van der Waals surface area contributed by atoms with Crippen LogP contribution in [0.2, 0.25) is 0 Å². The minimum Gasteiger partial charge on any atom is -0.497 e. The average molecular weight is 332 g/mol. The highest BCUT2D eigenvalue weighted by Crippen LogP contribution is 2.48. The molecule has 1 aromatic carbocycles. The second-order valence-corrected chi connectivity index (χ2v) is 6.67. The van der Waals surface area contributed by atoms with E-state index in [0.29, 0.717) is 12.2 Å². The third-order valence-corrected chi connectivity index (χ3v) is 5.74. The van der Waals surface area contributed by atoms with E-state index in [9.17, 15) is 4.79 Å².